The third-order valence-electron chi connectivity index (χ3n) is 2.84. The summed E-state index contributed by atoms with van der Waals surface area (Å²) in [5.74, 6) is 0.782. The number of hydrogen-bond acceptors (Lipinski definition) is 2. The van der Waals surface area contributed by atoms with E-state index in [9.17, 15) is 0 Å². The van der Waals surface area contributed by atoms with Gasteiger partial charge in [0.25, 0.3) is 0 Å². The van der Waals surface area contributed by atoms with E-state index in [1.54, 1.807) is 0 Å². The Balaban J connectivity index is 2.21. The van der Waals surface area contributed by atoms with Crippen molar-refractivity contribution in [3.8, 4) is 11.3 Å². The van der Waals surface area contributed by atoms with Crippen LogP contribution in [-0.2, 0) is 5.33 Å². The lowest BCUT2D eigenvalue weighted by Crippen LogP contribution is -1.80. The van der Waals surface area contributed by atoms with E-state index in [0.717, 1.165) is 33.1 Å². The monoisotopic (exact) mass is 321 g/mol. The summed E-state index contributed by atoms with van der Waals surface area (Å²) in [6.07, 6.45) is 0. The van der Waals surface area contributed by atoms with E-state index >= 15 is 0 Å². The maximum atomic E-state index is 5.89. The van der Waals surface area contributed by atoms with Crippen molar-refractivity contribution in [1.29, 1.82) is 0 Å². The van der Waals surface area contributed by atoms with E-state index < -0.39 is 0 Å². The first-order valence-electron chi connectivity index (χ1n) is 5.49. The second-order valence-electron chi connectivity index (χ2n) is 3.97. The maximum absolute atomic E-state index is 5.89. The van der Waals surface area contributed by atoms with E-state index in [2.05, 4.69) is 21.1 Å². The summed E-state index contributed by atoms with van der Waals surface area (Å²) < 4.78 is 5.47. The molecule has 2 nitrogen and oxygen atoms in total. The zero-order valence-corrected chi connectivity index (χ0v) is 11.7. The van der Waals surface area contributed by atoms with Gasteiger partial charge < -0.3 is 4.52 Å². The van der Waals surface area contributed by atoms with Gasteiger partial charge in [-0.15, -0.1) is 0 Å². The first-order valence-corrected chi connectivity index (χ1v) is 6.98. The summed E-state index contributed by atoms with van der Waals surface area (Å²) in [5.41, 5.74) is 3.00. The van der Waals surface area contributed by atoms with Gasteiger partial charge in [0.15, 0.2) is 5.76 Å². The van der Waals surface area contributed by atoms with Crippen molar-refractivity contribution >= 4 is 38.4 Å². The average molecular weight is 323 g/mol. The third-order valence-corrected chi connectivity index (χ3v) is 3.70. The molecule has 0 aliphatic carbocycles. The van der Waals surface area contributed by atoms with Crippen LogP contribution < -0.4 is 0 Å². The van der Waals surface area contributed by atoms with Crippen molar-refractivity contribution in [2.24, 2.45) is 0 Å². The minimum atomic E-state index is 0.712. The largest absolute Gasteiger partial charge is 0.355 e. The van der Waals surface area contributed by atoms with Crippen molar-refractivity contribution in [3.63, 3.8) is 0 Å². The first kappa shape index (κ1) is 11.8. The molecule has 3 aromatic rings. The highest BCUT2D eigenvalue weighted by atomic mass is 79.9. The number of rotatable bonds is 2. The second-order valence-corrected chi connectivity index (χ2v) is 4.96. The number of benzene rings is 2. The van der Waals surface area contributed by atoms with Crippen molar-refractivity contribution in [1.82, 2.24) is 5.16 Å². The van der Waals surface area contributed by atoms with Gasteiger partial charge in [-0.3, -0.25) is 0 Å². The van der Waals surface area contributed by atoms with Gasteiger partial charge in [0.05, 0.1) is 5.39 Å². The van der Waals surface area contributed by atoms with Crippen LogP contribution in [0.1, 0.15) is 5.56 Å². The molecule has 1 heterocycles. The molecule has 0 atom stereocenters. The summed E-state index contributed by atoms with van der Waals surface area (Å²) in [7, 11) is 0. The Hall–Kier alpha value is -1.32. The molecular weight excluding hydrogens is 314 g/mol. The van der Waals surface area contributed by atoms with Crippen LogP contribution in [0.2, 0.25) is 5.02 Å². The zero-order chi connectivity index (χ0) is 12.5. The molecule has 0 bridgehead atoms. The van der Waals surface area contributed by atoms with Crippen molar-refractivity contribution in [2.45, 2.75) is 5.33 Å². The predicted molar refractivity (Wildman–Crippen MR) is 77.1 cm³/mol. The fourth-order valence-corrected chi connectivity index (χ4v) is 2.52. The van der Waals surface area contributed by atoms with Crippen LogP contribution in [-0.4, -0.2) is 5.16 Å². The summed E-state index contributed by atoms with van der Waals surface area (Å²) in [4.78, 5) is 0. The lowest BCUT2D eigenvalue weighted by molar-refractivity contribution is 0.440. The Morgan fingerprint density at radius 2 is 1.89 bits per heavy atom. The highest BCUT2D eigenvalue weighted by Gasteiger charge is 2.12. The molecule has 3 rings (SSSR count). The van der Waals surface area contributed by atoms with Gasteiger partial charge in [-0.1, -0.05) is 44.8 Å². The molecule has 0 N–H and O–H groups in total. The number of fused-ring (bicyclic) bond motifs is 1. The van der Waals surface area contributed by atoms with Gasteiger partial charge in [0.2, 0.25) is 0 Å². The van der Waals surface area contributed by atoms with Gasteiger partial charge >= 0.3 is 0 Å². The van der Waals surface area contributed by atoms with E-state index in [-0.39, 0.29) is 0 Å². The fourth-order valence-electron chi connectivity index (χ4n) is 1.94. The predicted octanol–water partition coefficient (Wildman–Crippen LogP) is 5.04. The zero-order valence-electron chi connectivity index (χ0n) is 9.36. The highest BCUT2D eigenvalue weighted by molar-refractivity contribution is 9.08. The number of hydrogen-bond donors (Lipinski definition) is 0. The molecule has 0 radical (unpaired) electrons. The highest BCUT2D eigenvalue weighted by Crippen LogP contribution is 2.31. The topological polar surface area (TPSA) is 26.0 Å². The second kappa shape index (κ2) is 4.75. The van der Waals surface area contributed by atoms with Crippen LogP contribution in [0, 0.1) is 0 Å². The van der Waals surface area contributed by atoms with Gasteiger partial charge in [0, 0.05) is 15.9 Å². The molecule has 0 spiro atoms. The standard InChI is InChI=1S/C14H9BrClNO/c15-8-10-2-1-3-12-13(10)17-18-14(12)9-4-6-11(16)7-5-9/h1-7H,8H2. The van der Waals surface area contributed by atoms with E-state index in [1.807, 2.05) is 42.5 Å². The first-order chi connectivity index (χ1) is 8.79. The number of alkyl halides is 1. The molecule has 0 saturated carbocycles. The van der Waals surface area contributed by atoms with Gasteiger partial charge in [0.1, 0.15) is 5.52 Å². The molecule has 0 aliphatic heterocycles. The van der Waals surface area contributed by atoms with Crippen LogP contribution in [0.25, 0.3) is 22.2 Å². The molecular formula is C14H9BrClNO. The fraction of sp³-hybridized carbons (Fsp3) is 0.0714. The van der Waals surface area contributed by atoms with Crippen LogP contribution >= 0.6 is 27.5 Å². The number of halogens is 2. The third kappa shape index (κ3) is 1.93. The Morgan fingerprint density at radius 1 is 1.11 bits per heavy atom. The SMILES string of the molecule is Clc1ccc(-c2onc3c(CBr)cccc23)cc1. The molecule has 90 valence electrons. The minimum absolute atomic E-state index is 0.712. The molecule has 0 unspecified atom stereocenters. The molecule has 0 saturated heterocycles. The average Bonchev–Trinajstić information content (AvgIpc) is 2.83. The lowest BCUT2D eigenvalue weighted by atomic mass is 10.1. The molecule has 4 heteroatoms. The van der Waals surface area contributed by atoms with Crippen molar-refractivity contribution in [2.75, 3.05) is 0 Å². The van der Waals surface area contributed by atoms with E-state index in [1.165, 1.54) is 0 Å². The maximum Gasteiger partial charge on any atom is 0.174 e. The summed E-state index contributed by atoms with van der Waals surface area (Å²) in [5, 5.41) is 6.65. The van der Waals surface area contributed by atoms with Crippen LogP contribution in [0.15, 0.2) is 47.0 Å². The van der Waals surface area contributed by atoms with Crippen LogP contribution in [0.3, 0.4) is 0 Å². The van der Waals surface area contributed by atoms with E-state index in [0.29, 0.717) is 5.02 Å². The molecule has 18 heavy (non-hydrogen) atoms. The summed E-state index contributed by atoms with van der Waals surface area (Å²) in [6.45, 7) is 0. The molecule has 0 fully saturated rings. The van der Waals surface area contributed by atoms with Gasteiger partial charge in [-0.25, -0.2) is 0 Å². The molecule has 0 amide bonds. The molecule has 1 aromatic heterocycles. The van der Waals surface area contributed by atoms with Gasteiger partial charge in [-0.05, 0) is 35.9 Å². The number of nitrogens with zero attached hydrogens (tertiary/aromatic N) is 1. The van der Waals surface area contributed by atoms with Crippen molar-refractivity contribution in [3.05, 3.63) is 53.1 Å². The molecule has 2 aromatic carbocycles. The Morgan fingerprint density at radius 3 is 2.61 bits per heavy atom. The van der Waals surface area contributed by atoms with E-state index in [4.69, 9.17) is 16.1 Å². The van der Waals surface area contributed by atoms with Crippen LogP contribution in [0.5, 0.6) is 0 Å². The Bertz CT molecular complexity index is 691. The molecule has 0 aliphatic rings. The van der Waals surface area contributed by atoms with Gasteiger partial charge in [-0.2, -0.15) is 0 Å². The normalized spacial score (nSPS) is 11.0. The minimum Gasteiger partial charge on any atom is -0.355 e. The van der Waals surface area contributed by atoms with Crippen LogP contribution in [0.4, 0.5) is 0 Å². The summed E-state index contributed by atoms with van der Waals surface area (Å²) in [6, 6.07) is 13.6. The smallest absolute Gasteiger partial charge is 0.174 e. The summed E-state index contributed by atoms with van der Waals surface area (Å²) >= 11 is 9.34. The lowest BCUT2D eigenvalue weighted by Gasteiger charge is -1.98. The van der Waals surface area contributed by atoms with Crippen molar-refractivity contribution < 1.29 is 4.52 Å². The Labute approximate surface area is 118 Å². The Kier molecular flexibility index (Phi) is 3.10. The quantitative estimate of drug-likeness (QED) is 0.618. The number of aromatic nitrogens is 1.